The van der Waals surface area contributed by atoms with E-state index in [1.54, 1.807) is 6.08 Å². The molecule has 2 aliphatic carbocycles. The first-order chi connectivity index (χ1) is 19.2. The Balaban J connectivity index is 1.59. The van der Waals surface area contributed by atoms with E-state index in [1.165, 1.54) is 25.7 Å². The van der Waals surface area contributed by atoms with Crippen LogP contribution in [0, 0.1) is 0 Å². The summed E-state index contributed by atoms with van der Waals surface area (Å²) in [5.74, 6) is 0. The Morgan fingerprint density at radius 3 is 2.49 bits per heavy atom. The van der Waals surface area contributed by atoms with Crippen molar-refractivity contribution >= 4 is 42.8 Å². The molecule has 6 rings (SSSR count). The highest BCUT2D eigenvalue weighted by Crippen LogP contribution is 2.43. The van der Waals surface area contributed by atoms with Gasteiger partial charge >= 0.3 is 0 Å². The summed E-state index contributed by atoms with van der Waals surface area (Å²) in [6.45, 7) is 6.03. The number of rotatable bonds is 6. The Labute approximate surface area is 233 Å². The van der Waals surface area contributed by atoms with Crippen molar-refractivity contribution in [2.75, 3.05) is 4.90 Å². The predicted molar refractivity (Wildman–Crippen MR) is 170 cm³/mol. The second kappa shape index (κ2) is 10.9. The molecule has 0 aliphatic heterocycles. The first kappa shape index (κ1) is 24.5. The molecule has 0 bridgehead atoms. The van der Waals surface area contributed by atoms with Gasteiger partial charge in [0, 0.05) is 21.5 Å². The summed E-state index contributed by atoms with van der Waals surface area (Å²) in [5.41, 5.74) is 14.6. The molecule has 0 amide bonds. The summed E-state index contributed by atoms with van der Waals surface area (Å²) >= 11 is 1.84. The molecule has 39 heavy (non-hydrogen) atoms. The van der Waals surface area contributed by atoms with Gasteiger partial charge in [-0.25, -0.2) is 0 Å². The minimum absolute atomic E-state index is 1.04. The van der Waals surface area contributed by atoms with Crippen LogP contribution in [0.2, 0.25) is 0 Å². The molecule has 0 N–H and O–H groups in total. The normalized spacial score (nSPS) is 14.9. The van der Waals surface area contributed by atoms with Crippen LogP contribution in [0.4, 0.5) is 5.69 Å². The summed E-state index contributed by atoms with van der Waals surface area (Å²) < 4.78 is 2.54. The molecule has 0 unspecified atom stereocenters. The largest absolute Gasteiger partial charge is 0.308 e. The van der Waals surface area contributed by atoms with E-state index in [1.807, 2.05) is 35.6 Å². The number of fused-ring (bicyclic) bond motifs is 3. The number of benzene rings is 3. The van der Waals surface area contributed by atoms with Crippen LogP contribution in [0.5, 0.6) is 0 Å². The van der Waals surface area contributed by atoms with E-state index in [9.17, 15) is 0 Å². The van der Waals surface area contributed by atoms with Crippen LogP contribution >= 0.6 is 11.3 Å². The smallest absolute Gasteiger partial charge is 0.0640 e. The molecule has 0 radical (unpaired) electrons. The highest BCUT2D eigenvalue weighted by atomic mass is 32.1. The molecule has 2 heteroatoms. The second-order valence-electron chi connectivity index (χ2n) is 9.33. The van der Waals surface area contributed by atoms with Gasteiger partial charge in [-0.1, -0.05) is 91.5 Å². The zero-order valence-electron chi connectivity index (χ0n) is 21.8. The standard InChI is InChI=1S/C37H27NS/c1-3-4-14-28-15-8-10-22-34(27(28)2)38(31-19-12-18-30(25-26-31)29-16-6-5-7-17-29)35-23-13-21-33-32-20-9-11-24-36(32)39-37(33)35/h3-7,9-11,13-26H,1H2,2H3/b14-4-. The van der Waals surface area contributed by atoms with Gasteiger partial charge in [-0.05, 0) is 71.7 Å². The topological polar surface area (TPSA) is 3.24 Å². The third-order valence-corrected chi connectivity index (χ3v) is 8.15. The van der Waals surface area contributed by atoms with E-state index in [2.05, 4.69) is 133 Å². The average Bonchev–Trinajstić information content (AvgIpc) is 3.08. The minimum atomic E-state index is 1.04. The van der Waals surface area contributed by atoms with Gasteiger partial charge in [-0.3, -0.25) is 0 Å². The number of hydrogen-bond donors (Lipinski definition) is 0. The monoisotopic (exact) mass is 517 g/mol. The molecule has 0 fully saturated rings. The maximum absolute atomic E-state index is 3.86. The number of hydrogen-bond acceptors (Lipinski definition) is 2. The number of allylic oxidation sites excluding steroid dienone is 11. The Bertz CT molecular complexity index is 1890. The van der Waals surface area contributed by atoms with Crippen LogP contribution in [-0.4, -0.2) is 0 Å². The van der Waals surface area contributed by atoms with Crippen LogP contribution in [0.15, 0.2) is 174 Å². The SMILES string of the molecule is C=C/C=C\C1=C(C)C(N(C2=CC=C(c3ccccc3)C=C=C2)c2cccc3c2sc2ccccc23)=CC=C=C1. The highest BCUT2D eigenvalue weighted by molar-refractivity contribution is 7.26. The van der Waals surface area contributed by atoms with Crippen LogP contribution < -0.4 is 4.90 Å². The molecule has 0 atom stereocenters. The van der Waals surface area contributed by atoms with Gasteiger partial charge in [0.1, 0.15) is 0 Å². The third-order valence-electron chi connectivity index (χ3n) is 6.94. The number of anilines is 1. The predicted octanol–water partition coefficient (Wildman–Crippen LogP) is 10.2. The zero-order chi connectivity index (χ0) is 26.6. The van der Waals surface area contributed by atoms with Crippen LogP contribution in [-0.2, 0) is 0 Å². The van der Waals surface area contributed by atoms with Crippen LogP contribution in [0.25, 0.3) is 25.7 Å². The van der Waals surface area contributed by atoms with Gasteiger partial charge < -0.3 is 4.90 Å². The summed E-state index contributed by atoms with van der Waals surface area (Å²) in [7, 11) is 0. The van der Waals surface area contributed by atoms with Crippen molar-refractivity contribution in [2.45, 2.75) is 6.92 Å². The maximum atomic E-state index is 3.86. The molecule has 1 aromatic heterocycles. The molecule has 3 aromatic carbocycles. The van der Waals surface area contributed by atoms with Crippen LogP contribution in [0.1, 0.15) is 12.5 Å². The summed E-state index contributed by atoms with van der Waals surface area (Å²) in [5, 5.41) is 2.55. The lowest BCUT2D eigenvalue weighted by Crippen LogP contribution is -2.22. The Morgan fingerprint density at radius 1 is 0.795 bits per heavy atom. The molecule has 4 aromatic rings. The van der Waals surface area contributed by atoms with E-state index in [0.29, 0.717) is 0 Å². The Hall–Kier alpha value is -4.84. The molecule has 0 saturated carbocycles. The Morgan fingerprint density at radius 2 is 1.62 bits per heavy atom. The fourth-order valence-electron chi connectivity index (χ4n) is 4.99. The molecule has 0 saturated heterocycles. The van der Waals surface area contributed by atoms with Gasteiger partial charge in [-0.15, -0.1) is 22.8 Å². The van der Waals surface area contributed by atoms with Gasteiger partial charge in [0.25, 0.3) is 0 Å². The first-order valence-electron chi connectivity index (χ1n) is 13.0. The average molecular weight is 518 g/mol. The van der Waals surface area contributed by atoms with Crippen molar-refractivity contribution in [2.24, 2.45) is 0 Å². The van der Waals surface area contributed by atoms with Crippen molar-refractivity contribution in [1.29, 1.82) is 0 Å². The molecule has 0 spiro atoms. The Kier molecular flexibility index (Phi) is 6.83. The molecule has 186 valence electrons. The van der Waals surface area contributed by atoms with Crippen molar-refractivity contribution < 1.29 is 0 Å². The van der Waals surface area contributed by atoms with Crippen molar-refractivity contribution in [3.63, 3.8) is 0 Å². The quantitative estimate of drug-likeness (QED) is 0.182. The molecular formula is C37H27NS. The molecule has 1 nitrogen and oxygen atoms in total. The van der Waals surface area contributed by atoms with Crippen molar-refractivity contribution in [3.05, 3.63) is 180 Å². The lowest BCUT2D eigenvalue weighted by Gasteiger charge is -2.30. The maximum Gasteiger partial charge on any atom is 0.0640 e. The fraction of sp³-hybridized carbons (Fsp3) is 0.0270. The minimum Gasteiger partial charge on any atom is -0.308 e. The summed E-state index contributed by atoms with van der Waals surface area (Å²) in [6.07, 6.45) is 20.5. The number of nitrogens with zero attached hydrogens (tertiary/aromatic N) is 1. The lowest BCUT2D eigenvalue weighted by atomic mass is 10.0. The summed E-state index contributed by atoms with van der Waals surface area (Å²) in [6, 6.07) is 25.7. The molecular weight excluding hydrogens is 490 g/mol. The van der Waals surface area contributed by atoms with E-state index in [4.69, 9.17) is 0 Å². The summed E-state index contributed by atoms with van der Waals surface area (Å²) in [4.78, 5) is 2.36. The van der Waals surface area contributed by atoms with Gasteiger partial charge in [0.2, 0.25) is 0 Å². The van der Waals surface area contributed by atoms with E-state index >= 15 is 0 Å². The number of thiophene rings is 1. The highest BCUT2D eigenvalue weighted by Gasteiger charge is 2.22. The van der Waals surface area contributed by atoms with E-state index < -0.39 is 0 Å². The van der Waals surface area contributed by atoms with E-state index in [0.717, 1.165) is 33.8 Å². The third kappa shape index (κ3) is 4.77. The van der Waals surface area contributed by atoms with Crippen molar-refractivity contribution in [1.82, 2.24) is 0 Å². The van der Waals surface area contributed by atoms with Gasteiger partial charge in [0.05, 0.1) is 21.8 Å². The zero-order valence-corrected chi connectivity index (χ0v) is 22.6. The molecule has 2 aliphatic rings. The molecule has 1 heterocycles. The van der Waals surface area contributed by atoms with E-state index in [-0.39, 0.29) is 0 Å². The first-order valence-corrected chi connectivity index (χ1v) is 13.8. The van der Waals surface area contributed by atoms with Gasteiger partial charge in [0.15, 0.2) is 0 Å². The van der Waals surface area contributed by atoms with Crippen LogP contribution in [0.3, 0.4) is 0 Å². The van der Waals surface area contributed by atoms with Crippen molar-refractivity contribution in [3.8, 4) is 0 Å². The second-order valence-corrected chi connectivity index (χ2v) is 10.4. The fourth-order valence-corrected chi connectivity index (χ4v) is 6.19. The lowest BCUT2D eigenvalue weighted by molar-refractivity contribution is 1.11. The van der Waals surface area contributed by atoms with Gasteiger partial charge in [-0.2, -0.15) is 0 Å².